The van der Waals surface area contributed by atoms with Gasteiger partial charge in [-0.25, -0.2) is 13.1 Å². The Hall–Kier alpha value is -0.660. The van der Waals surface area contributed by atoms with Crippen molar-refractivity contribution in [1.29, 1.82) is 0 Å². The molecule has 7 heteroatoms. The number of rotatable bonds is 7. The van der Waals surface area contributed by atoms with Crippen molar-refractivity contribution in [3.8, 4) is 0 Å². The van der Waals surface area contributed by atoms with Gasteiger partial charge in [0.15, 0.2) is 0 Å². The number of carbonyl (C=O) groups is 1. The van der Waals surface area contributed by atoms with Gasteiger partial charge in [-0.05, 0) is 6.42 Å². The number of carbonyl (C=O) groups excluding carboxylic acids is 1. The van der Waals surface area contributed by atoms with Crippen LogP contribution in [0.15, 0.2) is 12.3 Å². The van der Waals surface area contributed by atoms with E-state index in [1.807, 2.05) is 6.92 Å². The number of halogens is 2. The average Bonchev–Trinajstić information content (AvgIpc) is 2.96. The highest BCUT2D eigenvalue weighted by molar-refractivity contribution is 7.92. The fourth-order valence-corrected chi connectivity index (χ4v) is 1.62. The quantitative estimate of drug-likeness (QED) is 0.424. The molecule has 0 aromatic heterocycles. The number of hydrogen-bond acceptors (Lipinski definition) is 4. The van der Waals surface area contributed by atoms with Gasteiger partial charge in [-0.3, -0.25) is 8.98 Å². The molecular formula is C9H14F2N2O2S. The van der Waals surface area contributed by atoms with Gasteiger partial charge >= 0.3 is 0 Å². The average molecular weight is 252 g/mol. The van der Waals surface area contributed by atoms with Gasteiger partial charge in [-0.1, -0.05) is 13.5 Å². The van der Waals surface area contributed by atoms with Crippen LogP contribution in [0.1, 0.15) is 13.3 Å². The molecule has 0 bridgehead atoms. The number of hydrogen-bond donors (Lipinski definition) is 1. The summed E-state index contributed by atoms with van der Waals surface area (Å²) in [7, 11) is 0. The van der Waals surface area contributed by atoms with E-state index < -0.39 is 13.0 Å². The van der Waals surface area contributed by atoms with Crippen LogP contribution in [0, 0.1) is 0 Å². The molecule has 0 radical (unpaired) electrons. The first-order chi connectivity index (χ1) is 7.54. The summed E-state index contributed by atoms with van der Waals surface area (Å²) < 4.78 is 29.7. The molecule has 92 valence electrons. The third kappa shape index (κ3) is 4.46. The Bertz CT molecular complexity index is 276. The van der Waals surface area contributed by atoms with Gasteiger partial charge in [0.2, 0.25) is 5.91 Å². The van der Waals surface area contributed by atoms with E-state index in [-0.39, 0.29) is 11.9 Å². The van der Waals surface area contributed by atoms with E-state index in [2.05, 4.69) is 16.1 Å². The summed E-state index contributed by atoms with van der Waals surface area (Å²) in [5, 5.41) is 2.63. The van der Waals surface area contributed by atoms with Crippen molar-refractivity contribution in [2.24, 2.45) is 0 Å². The van der Waals surface area contributed by atoms with Gasteiger partial charge in [0.05, 0.1) is 12.2 Å². The number of nitrogens with one attached hydrogen (secondary N) is 1. The molecule has 16 heavy (non-hydrogen) atoms. The molecule has 0 spiro atoms. The molecule has 1 N–H and O–H groups in total. The summed E-state index contributed by atoms with van der Waals surface area (Å²) in [4.78, 5) is 11.5. The van der Waals surface area contributed by atoms with Gasteiger partial charge in [-0.15, -0.1) is 0 Å². The van der Waals surface area contributed by atoms with Crippen LogP contribution in [-0.2, 0) is 8.98 Å². The molecule has 0 saturated carbocycles. The monoisotopic (exact) mass is 252 g/mol. The van der Waals surface area contributed by atoms with E-state index in [4.69, 9.17) is 0 Å². The molecule has 0 aromatic rings. The lowest BCUT2D eigenvalue weighted by Gasteiger charge is -2.05. The fourth-order valence-electron chi connectivity index (χ4n) is 0.915. The molecule has 4 nitrogen and oxygen atoms in total. The third-order valence-corrected chi connectivity index (χ3v) is 2.78. The zero-order chi connectivity index (χ0) is 12.1. The van der Waals surface area contributed by atoms with E-state index in [0.29, 0.717) is 18.7 Å². The summed E-state index contributed by atoms with van der Waals surface area (Å²) in [5.74, 6) is -0.167. The molecule has 2 unspecified atom stereocenters. The Balaban J connectivity index is 2.13. The smallest absolute Gasteiger partial charge is 0.262 e. The summed E-state index contributed by atoms with van der Waals surface area (Å²) in [6, 6.07) is -0.300. The second-order valence-corrected chi connectivity index (χ2v) is 4.17. The molecule has 1 heterocycles. The molecule has 0 aliphatic carbocycles. The van der Waals surface area contributed by atoms with Crippen molar-refractivity contribution < 1.29 is 17.8 Å². The zero-order valence-corrected chi connectivity index (χ0v) is 9.73. The maximum atomic E-state index is 11.7. The first-order valence-electron chi connectivity index (χ1n) is 4.87. The fraction of sp³-hybridized carbons (Fsp3) is 0.667. The predicted octanol–water partition coefficient (Wildman–Crippen LogP) is 1.56. The van der Waals surface area contributed by atoms with Crippen molar-refractivity contribution in [3.05, 3.63) is 12.3 Å². The number of alkyl halides is 2. The minimum absolute atomic E-state index is 0.167. The largest absolute Gasteiger partial charge is 0.329 e. The highest BCUT2D eigenvalue weighted by Crippen LogP contribution is 2.29. The van der Waals surface area contributed by atoms with Crippen LogP contribution >= 0.6 is 12.2 Å². The second-order valence-electron chi connectivity index (χ2n) is 3.31. The molecule has 1 aliphatic rings. The molecule has 0 aromatic carbocycles. The van der Waals surface area contributed by atoms with Gasteiger partial charge in [0.25, 0.3) is 6.43 Å². The van der Waals surface area contributed by atoms with Gasteiger partial charge in [-0.2, -0.15) is 0 Å². The Morgan fingerprint density at radius 2 is 2.44 bits per heavy atom. The molecule has 1 amide bonds. The molecule has 1 saturated heterocycles. The van der Waals surface area contributed by atoms with Crippen molar-refractivity contribution in [2.45, 2.75) is 25.8 Å². The Labute approximate surface area is 97.3 Å². The molecule has 2 atom stereocenters. The summed E-state index contributed by atoms with van der Waals surface area (Å²) in [6.45, 7) is 5.41. The Morgan fingerprint density at radius 3 is 3.00 bits per heavy atom. The SMILES string of the molecule is C=C(CC)NC(=O)C1CN1SOCC(F)F. The lowest BCUT2D eigenvalue weighted by Crippen LogP contribution is -2.28. The van der Waals surface area contributed by atoms with E-state index in [9.17, 15) is 13.6 Å². The summed E-state index contributed by atoms with van der Waals surface area (Å²) >= 11 is 0.805. The molecule has 1 aliphatic heterocycles. The van der Waals surface area contributed by atoms with E-state index in [0.717, 1.165) is 12.2 Å². The van der Waals surface area contributed by atoms with Gasteiger partial charge < -0.3 is 5.32 Å². The highest BCUT2D eigenvalue weighted by atomic mass is 32.2. The van der Waals surface area contributed by atoms with Crippen LogP contribution in [0.5, 0.6) is 0 Å². The van der Waals surface area contributed by atoms with E-state index >= 15 is 0 Å². The maximum absolute atomic E-state index is 11.7. The first kappa shape index (κ1) is 13.4. The second kappa shape index (κ2) is 6.17. The van der Waals surface area contributed by atoms with Crippen molar-refractivity contribution >= 4 is 18.1 Å². The first-order valence-corrected chi connectivity index (χ1v) is 5.57. The highest BCUT2D eigenvalue weighted by Gasteiger charge is 2.42. The lowest BCUT2D eigenvalue weighted by molar-refractivity contribution is -0.120. The normalized spacial score (nSPS) is 23.2. The Kier molecular flexibility index (Phi) is 5.17. The number of allylic oxidation sites excluding steroid dienone is 1. The maximum Gasteiger partial charge on any atom is 0.262 e. The predicted molar refractivity (Wildman–Crippen MR) is 57.6 cm³/mol. The van der Waals surface area contributed by atoms with Crippen LogP contribution in [0.25, 0.3) is 0 Å². The Morgan fingerprint density at radius 1 is 1.75 bits per heavy atom. The topological polar surface area (TPSA) is 41.3 Å². The van der Waals surface area contributed by atoms with E-state index in [1.165, 1.54) is 0 Å². The van der Waals surface area contributed by atoms with Crippen LogP contribution < -0.4 is 5.32 Å². The summed E-state index contributed by atoms with van der Waals surface area (Å²) in [5.41, 5.74) is 0.648. The molecular weight excluding hydrogens is 238 g/mol. The van der Waals surface area contributed by atoms with Crippen molar-refractivity contribution in [1.82, 2.24) is 9.62 Å². The van der Waals surface area contributed by atoms with Gasteiger partial charge in [0.1, 0.15) is 12.6 Å². The number of nitrogens with zero attached hydrogens (tertiary/aromatic N) is 1. The minimum Gasteiger partial charge on any atom is -0.329 e. The van der Waals surface area contributed by atoms with Crippen LogP contribution in [-0.4, -0.2) is 35.8 Å². The zero-order valence-electron chi connectivity index (χ0n) is 8.91. The summed E-state index contributed by atoms with van der Waals surface area (Å²) in [6.07, 6.45) is -1.81. The lowest BCUT2D eigenvalue weighted by atomic mass is 10.3. The van der Waals surface area contributed by atoms with Crippen LogP contribution in [0.3, 0.4) is 0 Å². The van der Waals surface area contributed by atoms with Crippen LogP contribution in [0.2, 0.25) is 0 Å². The van der Waals surface area contributed by atoms with Gasteiger partial charge in [0, 0.05) is 12.2 Å². The molecule has 1 fully saturated rings. The standard InChI is InChI=1S/C9H14F2N2O2S/c1-3-6(2)12-9(14)7-4-13(7)16-15-5-8(10)11/h7-8H,2-5H2,1H3,(H,12,14). The van der Waals surface area contributed by atoms with E-state index in [1.54, 1.807) is 4.31 Å². The number of amides is 1. The molecule has 1 rings (SSSR count). The van der Waals surface area contributed by atoms with Crippen molar-refractivity contribution in [3.63, 3.8) is 0 Å². The third-order valence-electron chi connectivity index (χ3n) is 1.94. The van der Waals surface area contributed by atoms with Crippen molar-refractivity contribution in [2.75, 3.05) is 13.2 Å². The minimum atomic E-state index is -2.49. The van der Waals surface area contributed by atoms with Crippen LogP contribution in [0.4, 0.5) is 8.78 Å².